The second-order valence-electron chi connectivity index (χ2n) is 5.40. The molecule has 0 fully saturated rings. The van der Waals surface area contributed by atoms with Crippen molar-refractivity contribution in [3.8, 4) is 0 Å². The van der Waals surface area contributed by atoms with Gasteiger partial charge in [-0.3, -0.25) is 0 Å². The molecule has 94 valence electrons. The zero-order valence-corrected chi connectivity index (χ0v) is 10.8. The Bertz CT molecular complexity index is 362. The second-order valence-corrected chi connectivity index (χ2v) is 5.40. The lowest BCUT2D eigenvalue weighted by atomic mass is 9.81. The van der Waals surface area contributed by atoms with Crippen LogP contribution in [-0.4, -0.2) is 23.8 Å². The maximum atomic E-state index is 10.2. The fourth-order valence-electron chi connectivity index (χ4n) is 2.58. The van der Waals surface area contributed by atoms with Gasteiger partial charge in [0.25, 0.3) is 0 Å². The predicted molar refractivity (Wildman–Crippen MR) is 71.1 cm³/mol. The molecular weight excluding hydrogens is 210 g/mol. The van der Waals surface area contributed by atoms with Crippen molar-refractivity contribution in [3.05, 3.63) is 35.4 Å². The zero-order valence-electron chi connectivity index (χ0n) is 10.8. The number of fused-ring (bicyclic) bond motifs is 1. The minimum absolute atomic E-state index is 0.217. The Balaban J connectivity index is 1.93. The van der Waals surface area contributed by atoms with E-state index < -0.39 is 0 Å². The number of benzene rings is 1. The van der Waals surface area contributed by atoms with Crippen LogP contribution in [0.15, 0.2) is 24.3 Å². The van der Waals surface area contributed by atoms with E-state index in [1.54, 1.807) is 0 Å². The highest BCUT2D eigenvalue weighted by atomic mass is 16.3. The first-order valence-electron chi connectivity index (χ1n) is 6.65. The van der Waals surface area contributed by atoms with Crippen molar-refractivity contribution in [2.24, 2.45) is 5.92 Å². The van der Waals surface area contributed by atoms with Crippen LogP contribution in [0.5, 0.6) is 0 Å². The van der Waals surface area contributed by atoms with Crippen LogP contribution in [0, 0.1) is 5.92 Å². The van der Waals surface area contributed by atoms with Crippen LogP contribution in [0.4, 0.5) is 0 Å². The van der Waals surface area contributed by atoms with Gasteiger partial charge >= 0.3 is 0 Å². The Morgan fingerprint density at radius 1 is 1.29 bits per heavy atom. The molecule has 17 heavy (non-hydrogen) atoms. The first-order valence-corrected chi connectivity index (χ1v) is 6.65. The van der Waals surface area contributed by atoms with Crippen LogP contribution in [0.1, 0.15) is 31.4 Å². The van der Waals surface area contributed by atoms with Crippen LogP contribution in [0.3, 0.4) is 0 Å². The first kappa shape index (κ1) is 12.6. The molecule has 0 bridgehead atoms. The minimum Gasteiger partial charge on any atom is -0.392 e. The number of aliphatic hydroxyl groups is 1. The summed E-state index contributed by atoms with van der Waals surface area (Å²) < 4.78 is 0. The second kappa shape index (κ2) is 5.65. The number of aliphatic hydroxyl groups excluding tert-OH is 1. The Kier molecular flexibility index (Phi) is 4.19. The van der Waals surface area contributed by atoms with Crippen LogP contribution >= 0.6 is 0 Å². The van der Waals surface area contributed by atoms with Crippen molar-refractivity contribution in [3.63, 3.8) is 0 Å². The Morgan fingerprint density at radius 2 is 2.00 bits per heavy atom. The van der Waals surface area contributed by atoms with Gasteiger partial charge in [-0.05, 0) is 36.3 Å². The van der Waals surface area contributed by atoms with E-state index in [2.05, 4.69) is 43.4 Å². The molecule has 0 heterocycles. The van der Waals surface area contributed by atoms with E-state index in [0.29, 0.717) is 18.5 Å². The number of hydrogen-bond donors (Lipinski definition) is 2. The molecule has 0 amide bonds. The van der Waals surface area contributed by atoms with Crippen molar-refractivity contribution < 1.29 is 5.11 Å². The molecule has 2 atom stereocenters. The van der Waals surface area contributed by atoms with Crippen molar-refractivity contribution >= 4 is 0 Å². The van der Waals surface area contributed by atoms with Gasteiger partial charge in [0.15, 0.2) is 0 Å². The van der Waals surface area contributed by atoms with E-state index >= 15 is 0 Å². The molecule has 0 saturated carbocycles. The SMILES string of the molecule is CC(C)NCC(O)C1CCc2ccccc2C1. The largest absolute Gasteiger partial charge is 0.392 e. The molecule has 0 radical (unpaired) electrons. The quantitative estimate of drug-likeness (QED) is 0.835. The van der Waals surface area contributed by atoms with E-state index in [1.165, 1.54) is 11.1 Å². The highest BCUT2D eigenvalue weighted by Gasteiger charge is 2.24. The summed E-state index contributed by atoms with van der Waals surface area (Å²) in [5.41, 5.74) is 2.89. The minimum atomic E-state index is -0.217. The normalized spacial score (nSPS) is 21.3. The lowest BCUT2D eigenvalue weighted by Gasteiger charge is -2.29. The standard InChI is InChI=1S/C15H23NO/c1-11(2)16-10-15(17)14-8-7-12-5-3-4-6-13(12)9-14/h3-6,11,14-17H,7-10H2,1-2H3. The lowest BCUT2D eigenvalue weighted by Crippen LogP contribution is -2.38. The van der Waals surface area contributed by atoms with Gasteiger partial charge in [-0.1, -0.05) is 38.1 Å². The van der Waals surface area contributed by atoms with Crippen molar-refractivity contribution in [1.82, 2.24) is 5.32 Å². The summed E-state index contributed by atoms with van der Waals surface area (Å²) in [6.45, 7) is 4.94. The van der Waals surface area contributed by atoms with E-state index in [0.717, 1.165) is 19.3 Å². The smallest absolute Gasteiger partial charge is 0.0696 e. The maximum Gasteiger partial charge on any atom is 0.0696 e. The highest BCUT2D eigenvalue weighted by molar-refractivity contribution is 5.29. The van der Waals surface area contributed by atoms with E-state index in [9.17, 15) is 5.11 Å². The molecule has 0 aliphatic heterocycles. The summed E-state index contributed by atoms with van der Waals surface area (Å²) in [5.74, 6) is 0.413. The van der Waals surface area contributed by atoms with Crippen LogP contribution in [0.25, 0.3) is 0 Å². The summed E-state index contributed by atoms with van der Waals surface area (Å²) in [6, 6.07) is 9.06. The van der Waals surface area contributed by atoms with E-state index in [4.69, 9.17) is 0 Å². The summed E-state index contributed by atoms with van der Waals surface area (Å²) in [7, 11) is 0. The van der Waals surface area contributed by atoms with Crippen LogP contribution in [-0.2, 0) is 12.8 Å². The van der Waals surface area contributed by atoms with Gasteiger partial charge in [-0.25, -0.2) is 0 Å². The highest BCUT2D eigenvalue weighted by Crippen LogP contribution is 2.27. The average molecular weight is 233 g/mol. The molecule has 2 unspecified atom stereocenters. The molecular formula is C15H23NO. The Labute approximate surface area is 104 Å². The monoisotopic (exact) mass is 233 g/mol. The van der Waals surface area contributed by atoms with Crippen molar-refractivity contribution in [2.45, 2.75) is 45.3 Å². The van der Waals surface area contributed by atoms with Gasteiger partial charge in [0, 0.05) is 12.6 Å². The molecule has 2 nitrogen and oxygen atoms in total. The van der Waals surface area contributed by atoms with Gasteiger partial charge in [-0.15, -0.1) is 0 Å². The predicted octanol–water partition coefficient (Wildman–Crippen LogP) is 2.15. The molecule has 0 saturated heterocycles. The summed E-state index contributed by atoms with van der Waals surface area (Å²) >= 11 is 0. The Hall–Kier alpha value is -0.860. The third-order valence-electron chi connectivity index (χ3n) is 3.66. The number of hydrogen-bond acceptors (Lipinski definition) is 2. The van der Waals surface area contributed by atoms with Gasteiger partial charge in [0.1, 0.15) is 0 Å². The van der Waals surface area contributed by atoms with Gasteiger partial charge in [0.05, 0.1) is 6.10 Å². The topological polar surface area (TPSA) is 32.3 Å². The summed E-state index contributed by atoms with van der Waals surface area (Å²) in [5, 5.41) is 13.5. The third-order valence-corrected chi connectivity index (χ3v) is 3.66. The van der Waals surface area contributed by atoms with Crippen molar-refractivity contribution in [2.75, 3.05) is 6.54 Å². The fourth-order valence-corrected chi connectivity index (χ4v) is 2.58. The summed E-state index contributed by atoms with van der Waals surface area (Å²) in [6.07, 6.45) is 3.03. The third kappa shape index (κ3) is 3.30. The van der Waals surface area contributed by atoms with Crippen LogP contribution in [0.2, 0.25) is 0 Å². The molecule has 1 aromatic rings. The first-order chi connectivity index (χ1) is 8.16. The Morgan fingerprint density at radius 3 is 2.71 bits per heavy atom. The lowest BCUT2D eigenvalue weighted by molar-refractivity contribution is 0.0960. The number of nitrogens with one attached hydrogen (secondary N) is 1. The van der Waals surface area contributed by atoms with Crippen molar-refractivity contribution in [1.29, 1.82) is 0 Å². The van der Waals surface area contributed by atoms with E-state index in [-0.39, 0.29) is 6.10 Å². The van der Waals surface area contributed by atoms with Gasteiger partial charge < -0.3 is 10.4 Å². The molecule has 0 spiro atoms. The average Bonchev–Trinajstić information content (AvgIpc) is 2.35. The molecule has 2 rings (SSSR count). The number of aryl methyl sites for hydroxylation is 1. The molecule has 2 N–H and O–H groups in total. The van der Waals surface area contributed by atoms with Gasteiger partial charge in [-0.2, -0.15) is 0 Å². The van der Waals surface area contributed by atoms with Crippen LogP contribution < -0.4 is 5.32 Å². The maximum absolute atomic E-state index is 10.2. The van der Waals surface area contributed by atoms with Gasteiger partial charge in [0.2, 0.25) is 0 Å². The van der Waals surface area contributed by atoms with E-state index in [1.807, 2.05) is 0 Å². The fraction of sp³-hybridized carbons (Fsp3) is 0.600. The molecule has 0 aromatic heterocycles. The molecule has 1 aliphatic rings. The molecule has 1 aromatic carbocycles. The molecule has 1 aliphatic carbocycles. The zero-order chi connectivity index (χ0) is 12.3. The molecule has 2 heteroatoms. The number of rotatable bonds is 4. The summed E-state index contributed by atoms with van der Waals surface area (Å²) in [4.78, 5) is 0.